The zero-order chi connectivity index (χ0) is 27.8. The molecule has 2 atom stereocenters. The Morgan fingerprint density at radius 1 is 0.949 bits per heavy atom. The molecule has 3 aromatic carbocycles. The summed E-state index contributed by atoms with van der Waals surface area (Å²) in [5.74, 6) is -0.176. The molecule has 0 amide bonds. The topological polar surface area (TPSA) is 93.6 Å². The molecule has 1 aromatic heterocycles. The SMILES string of the molecule is CC(C)(C)[C@H](c1nc(-c2ccccc2)cn1Cc1ccccc1)N(CC[C@H](N)C(=O)O)OCc1ccccc1. The van der Waals surface area contributed by atoms with Crippen LogP contribution in [0.3, 0.4) is 0 Å². The number of rotatable bonds is 12. The maximum absolute atomic E-state index is 11.5. The maximum Gasteiger partial charge on any atom is 0.320 e. The average Bonchev–Trinajstić information content (AvgIpc) is 3.33. The molecule has 7 heteroatoms. The Morgan fingerprint density at radius 2 is 1.51 bits per heavy atom. The number of carboxylic acids is 1. The number of hydrogen-bond acceptors (Lipinski definition) is 5. The van der Waals surface area contributed by atoms with Crippen LogP contribution in [-0.4, -0.2) is 38.3 Å². The second-order valence-corrected chi connectivity index (χ2v) is 10.9. The number of carbonyl (C=O) groups is 1. The van der Waals surface area contributed by atoms with E-state index in [1.807, 2.05) is 71.8 Å². The fourth-order valence-electron chi connectivity index (χ4n) is 4.64. The zero-order valence-electron chi connectivity index (χ0n) is 22.9. The Balaban J connectivity index is 1.77. The van der Waals surface area contributed by atoms with Crippen molar-refractivity contribution in [3.8, 4) is 11.3 Å². The zero-order valence-corrected chi connectivity index (χ0v) is 22.9. The van der Waals surface area contributed by atoms with Gasteiger partial charge in [-0.05, 0) is 23.0 Å². The molecule has 204 valence electrons. The van der Waals surface area contributed by atoms with Gasteiger partial charge in [-0.25, -0.2) is 4.98 Å². The predicted molar refractivity (Wildman–Crippen MR) is 154 cm³/mol. The molecule has 4 rings (SSSR count). The number of aliphatic carboxylic acids is 1. The second kappa shape index (κ2) is 12.8. The van der Waals surface area contributed by atoms with Crippen LogP contribution >= 0.6 is 0 Å². The van der Waals surface area contributed by atoms with Gasteiger partial charge >= 0.3 is 5.97 Å². The fraction of sp³-hybridized carbons (Fsp3) is 0.312. The van der Waals surface area contributed by atoms with E-state index in [4.69, 9.17) is 15.6 Å². The Labute approximate surface area is 230 Å². The highest BCUT2D eigenvalue weighted by molar-refractivity contribution is 5.73. The molecular weight excluding hydrogens is 488 g/mol. The summed E-state index contributed by atoms with van der Waals surface area (Å²) in [6.07, 6.45) is 2.33. The number of benzene rings is 3. The molecular formula is C32H38N4O3. The van der Waals surface area contributed by atoms with Crippen molar-refractivity contribution in [1.82, 2.24) is 14.6 Å². The van der Waals surface area contributed by atoms with E-state index in [9.17, 15) is 9.90 Å². The first-order valence-corrected chi connectivity index (χ1v) is 13.3. The van der Waals surface area contributed by atoms with E-state index < -0.39 is 12.0 Å². The molecule has 0 bridgehead atoms. The fourth-order valence-corrected chi connectivity index (χ4v) is 4.64. The van der Waals surface area contributed by atoms with Crippen LogP contribution in [0.4, 0.5) is 0 Å². The molecule has 0 fully saturated rings. The average molecular weight is 527 g/mol. The van der Waals surface area contributed by atoms with Crippen LogP contribution in [0.15, 0.2) is 97.2 Å². The molecule has 3 N–H and O–H groups in total. The quantitative estimate of drug-likeness (QED) is 0.223. The minimum Gasteiger partial charge on any atom is -0.480 e. The lowest BCUT2D eigenvalue weighted by atomic mass is 9.85. The van der Waals surface area contributed by atoms with Crippen LogP contribution in [0.25, 0.3) is 11.3 Å². The maximum atomic E-state index is 11.5. The van der Waals surface area contributed by atoms with Crippen LogP contribution in [-0.2, 0) is 22.8 Å². The van der Waals surface area contributed by atoms with Crippen molar-refractivity contribution in [2.24, 2.45) is 11.1 Å². The van der Waals surface area contributed by atoms with Gasteiger partial charge in [-0.3, -0.25) is 9.63 Å². The molecule has 0 aliphatic rings. The van der Waals surface area contributed by atoms with E-state index >= 15 is 0 Å². The van der Waals surface area contributed by atoms with Crippen molar-refractivity contribution >= 4 is 5.97 Å². The molecule has 4 aromatic rings. The smallest absolute Gasteiger partial charge is 0.320 e. The van der Waals surface area contributed by atoms with Crippen molar-refractivity contribution < 1.29 is 14.7 Å². The molecule has 1 heterocycles. The first-order valence-electron chi connectivity index (χ1n) is 13.3. The molecule has 0 aliphatic carbocycles. The largest absolute Gasteiger partial charge is 0.480 e. The lowest BCUT2D eigenvalue weighted by Crippen LogP contribution is -2.42. The summed E-state index contributed by atoms with van der Waals surface area (Å²) in [5, 5.41) is 11.3. The van der Waals surface area contributed by atoms with Crippen LogP contribution in [0.1, 0.15) is 50.2 Å². The van der Waals surface area contributed by atoms with E-state index in [-0.39, 0.29) is 17.9 Å². The number of aromatic nitrogens is 2. The first-order chi connectivity index (χ1) is 18.7. The van der Waals surface area contributed by atoms with Gasteiger partial charge in [-0.2, -0.15) is 5.06 Å². The van der Waals surface area contributed by atoms with Crippen molar-refractivity contribution in [2.45, 2.75) is 52.4 Å². The minimum atomic E-state index is -1.03. The Hall–Kier alpha value is -3.78. The van der Waals surface area contributed by atoms with E-state index in [0.717, 1.165) is 28.2 Å². The molecule has 0 saturated heterocycles. The number of hydroxylamine groups is 2. The van der Waals surface area contributed by atoms with E-state index in [1.165, 1.54) is 0 Å². The Kier molecular flexibility index (Phi) is 9.30. The van der Waals surface area contributed by atoms with E-state index in [1.54, 1.807) is 0 Å². The van der Waals surface area contributed by atoms with Gasteiger partial charge in [0, 0.05) is 24.8 Å². The van der Waals surface area contributed by atoms with Crippen LogP contribution in [0.5, 0.6) is 0 Å². The number of nitrogens with zero attached hydrogens (tertiary/aromatic N) is 3. The third kappa shape index (κ3) is 7.63. The monoisotopic (exact) mass is 526 g/mol. The highest BCUT2D eigenvalue weighted by atomic mass is 16.7. The summed E-state index contributed by atoms with van der Waals surface area (Å²) in [6, 6.07) is 29.1. The van der Waals surface area contributed by atoms with E-state index in [2.05, 4.69) is 55.8 Å². The third-order valence-corrected chi connectivity index (χ3v) is 6.64. The van der Waals surface area contributed by atoms with Crippen LogP contribution in [0, 0.1) is 5.41 Å². The van der Waals surface area contributed by atoms with Gasteiger partial charge < -0.3 is 15.4 Å². The van der Waals surface area contributed by atoms with Crippen molar-refractivity contribution in [3.05, 3.63) is 114 Å². The number of imidazole rings is 1. The van der Waals surface area contributed by atoms with Crippen molar-refractivity contribution in [3.63, 3.8) is 0 Å². The third-order valence-electron chi connectivity index (χ3n) is 6.64. The standard InChI is InChI=1S/C32H38N4O3/c1-32(2,3)29(36(20-19-27(33)31(37)38)39-23-25-15-9-5-10-16-25)30-34-28(26-17-11-6-12-18-26)22-35(30)21-24-13-7-4-8-14-24/h4-18,22,27,29H,19-21,23,33H2,1-3H3,(H,37,38)/t27-,29-/m0/s1. The van der Waals surface area contributed by atoms with Crippen molar-refractivity contribution in [2.75, 3.05) is 6.54 Å². The molecule has 0 aliphatic heterocycles. The summed E-state index contributed by atoms with van der Waals surface area (Å²) in [6.45, 7) is 7.78. The van der Waals surface area contributed by atoms with Crippen LogP contribution < -0.4 is 5.73 Å². The molecule has 0 unspecified atom stereocenters. The van der Waals surface area contributed by atoms with Gasteiger partial charge in [0.05, 0.1) is 18.3 Å². The molecule has 39 heavy (non-hydrogen) atoms. The summed E-state index contributed by atoms with van der Waals surface area (Å²) in [4.78, 5) is 23.2. The van der Waals surface area contributed by atoms with Crippen molar-refractivity contribution in [1.29, 1.82) is 0 Å². The van der Waals surface area contributed by atoms with Gasteiger partial charge in [0.15, 0.2) is 0 Å². The lowest BCUT2D eigenvalue weighted by Gasteiger charge is -2.39. The molecule has 0 radical (unpaired) electrons. The molecule has 0 saturated carbocycles. The van der Waals surface area contributed by atoms with E-state index in [0.29, 0.717) is 19.7 Å². The normalized spacial score (nSPS) is 13.4. The summed E-state index contributed by atoms with van der Waals surface area (Å²) < 4.78 is 2.18. The number of carboxylic acid groups (broad SMARTS) is 1. The van der Waals surface area contributed by atoms with Gasteiger partial charge in [0.25, 0.3) is 0 Å². The lowest BCUT2D eigenvalue weighted by molar-refractivity contribution is -0.221. The van der Waals surface area contributed by atoms with Gasteiger partial charge in [-0.1, -0.05) is 112 Å². The van der Waals surface area contributed by atoms with Gasteiger partial charge in [0.1, 0.15) is 11.9 Å². The molecule has 7 nitrogen and oxygen atoms in total. The highest BCUT2D eigenvalue weighted by Gasteiger charge is 2.37. The highest BCUT2D eigenvalue weighted by Crippen LogP contribution is 2.39. The first kappa shape index (κ1) is 28.2. The summed E-state index contributed by atoms with van der Waals surface area (Å²) >= 11 is 0. The Bertz CT molecular complexity index is 1320. The number of hydrogen-bond donors (Lipinski definition) is 2. The summed E-state index contributed by atoms with van der Waals surface area (Å²) in [7, 11) is 0. The van der Waals surface area contributed by atoms with Gasteiger partial charge in [-0.15, -0.1) is 0 Å². The van der Waals surface area contributed by atoms with Gasteiger partial charge in [0.2, 0.25) is 0 Å². The van der Waals surface area contributed by atoms with Crippen LogP contribution in [0.2, 0.25) is 0 Å². The number of nitrogens with two attached hydrogens (primary N) is 1. The summed E-state index contributed by atoms with van der Waals surface area (Å²) in [5.41, 5.74) is 9.71. The second-order valence-electron chi connectivity index (χ2n) is 10.9. The Morgan fingerprint density at radius 3 is 2.08 bits per heavy atom. The predicted octanol–water partition coefficient (Wildman–Crippen LogP) is 5.92. The minimum absolute atomic E-state index is 0.238. The molecule has 0 spiro atoms.